The molecule has 0 amide bonds. The molecule has 3 rings (SSSR count). The quantitative estimate of drug-likeness (QED) is 0.916. The Labute approximate surface area is 125 Å². The summed E-state index contributed by atoms with van der Waals surface area (Å²) in [5, 5.41) is 0. The zero-order chi connectivity index (χ0) is 14.7. The zero-order valence-electron chi connectivity index (χ0n) is 12.3. The summed E-state index contributed by atoms with van der Waals surface area (Å²) in [5.41, 5.74) is 10.1. The van der Waals surface area contributed by atoms with Gasteiger partial charge in [-0.1, -0.05) is 18.2 Å². The topological polar surface area (TPSA) is 44.5 Å². The maximum atomic E-state index is 6.20. The van der Waals surface area contributed by atoms with Crippen molar-refractivity contribution in [2.24, 2.45) is 5.73 Å². The SMILES string of the molecule is COc1cccc(C(N)COc2ccc3c(c2)CCC3)c1. The van der Waals surface area contributed by atoms with Gasteiger partial charge in [-0.25, -0.2) is 0 Å². The summed E-state index contributed by atoms with van der Waals surface area (Å²) in [5.74, 6) is 1.73. The normalized spacial score (nSPS) is 14.6. The van der Waals surface area contributed by atoms with Gasteiger partial charge in [-0.15, -0.1) is 0 Å². The minimum absolute atomic E-state index is 0.159. The molecule has 3 nitrogen and oxygen atoms in total. The number of rotatable bonds is 5. The monoisotopic (exact) mass is 283 g/mol. The smallest absolute Gasteiger partial charge is 0.119 e. The van der Waals surface area contributed by atoms with Crippen LogP contribution < -0.4 is 15.2 Å². The van der Waals surface area contributed by atoms with Gasteiger partial charge in [0.25, 0.3) is 0 Å². The Bertz CT molecular complexity index is 624. The highest BCUT2D eigenvalue weighted by molar-refractivity contribution is 5.38. The minimum Gasteiger partial charge on any atom is -0.497 e. The van der Waals surface area contributed by atoms with E-state index >= 15 is 0 Å². The predicted octanol–water partition coefficient (Wildman–Crippen LogP) is 3.26. The molecule has 1 atom stereocenters. The Morgan fingerprint density at radius 1 is 1.05 bits per heavy atom. The first-order valence-electron chi connectivity index (χ1n) is 7.40. The molecule has 0 spiro atoms. The molecule has 110 valence electrons. The van der Waals surface area contributed by atoms with Gasteiger partial charge in [-0.2, -0.15) is 0 Å². The van der Waals surface area contributed by atoms with Crippen molar-refractivity contribution in [2.45, 2.75) is 25.3 Å². The molecule has 0 bridgehead atoms. The van der Waals surface area contributed by atoms with Crippen LogP contribution in [0.15, 0.2) is 42.5 Å². The maximum absolute atomic E-state index is 6.20. The highest BCUT2D eigenvalue weighted by Gasteiger charge is 2.12. The van der Waals surface area contributed by atoms with Crippen molar-refractivity contribution in [1.29, 1.82) is 0 Å². The van der Waals surface area contributed by atoms with Gasteiger partial charge in [0.05, 0.1) is 13.2 Å². The van der Waals surface area contributed by atoms with Gasteiger partial charge in [0.2, 0.25) is 0 Å². The van der Waals surface area contributed by atoms with Gasteiger partial charge in [0, 0.05) is 0 Å². The Morgan fingerprint density at radius 2 is 1.90 bits per heavy atom. The third-order valence-corrected chi connectivity index (χ3v) is 4.02. The van der Waals surface area contributed by atoms with E-state index < -0.39 is 0 Å². The molecule has 1 unspecified atom stereocenters. The van der Waals surface area contributed by atoms with Gasteiger partial charge in [0.15, 0.2) is 0 Å². The fourth-order valence-corrected chi connectivity index (χ4v) is 2.79. The largest absolute Gasteiger partial charge is 0.497 e. The Morgan fingerprint density at radius 3 is 2.76 bits per heavy atom. The van der Waals surface area contributed by atoms with Gasteiger partial charge in [-0.3, -0.25) is 0 Å². The number of hydrogen-bond acceptors (Lipinski definition) is 3. The third kappa shape index (κ3) is 3.19. The highest BCUT2D eigenvalue weighted by Crippen LogP contribution is 2.26. The molecule has 21 heavy (non-hydrogen) atoms. The van der Waals surface area contributed by atoms with Crippen LogP contribution in [0.1, 0.15) is 29.2 Å². The van der Waals surface area contributed by atoms with Crippen LogP contribution in [0.4, 0.5) is 0 Å². The minimum atomic E-state index is -0.159. The lowest BCUT2D eigenvalue weighted by atomic mass is 10.1. The van der Waals surface area contributed by atoms with Crippen LogP contribution >= 0.6 is 0 Å². The van der Waals surface area contributed by atoms with Crippen molar-refractivity contribution in [1.82, 2.24) is 0 Å². The number of aryl methyl sites for hydroxylation is 2. The first-order chi connectivity index (χ1) is 10.3. The van der Waals surface area contributed by atoms with Gasteiger partial charge < -0.3 is 15.2 Å². The number of methoxy groups -OCH3 is 1. The molecule has 0 radical (unpaired) electrons. The maximum Gasteiger partial charge on any atom is 0.119 e. The van der Waals surface area contributed by atoms with E-state index in [0.717, 1.165) is 23.5 Å². The molecule has 0 aliphatic heterocycles. The molecule has 0 heterocycles. The highest BCUT2D eigenvalue weighted by atomic mass is 16.5. The first kappa shape index (κ1) is 14.0. The van der Waals surface area contributed by atoms with Crippen molar-refractivity contribution in [3.05, 3.63) is 59.2 Å². The van der Waals surface area contributed by atoms with Crippen molar-refractivity contribution < 1.29 is 9.47 Å². The number of benzene rings is 2. The lowest BCUT2D eigenvalue weighted by Gasteiger charge is -2.15. The molecular formula is C18H21NO2. The first-order valence-corrected chi connectivity index (χ1v) is 7.40. The Hall–Kier alpha value is -2.00. The average Bonchev–Trinajstić information content (AvgIpc) is 3.00. The van der Waals surface area contributed by atoms with Gasteiger partial charge >= 0.3 is 0 Å². The second-order valence-electron chi connectivity index (χ2n) is 5.48. The van der Waals surface area contributed by atoms with Crippen LogP contribution in [0.2, 0.25) is 0 Å². The van der Waals surface area contributed by atoms with E-state index in [0.29, 0.717) is 6.61 Å². The molecule has 2 aromatic carbocycles. The molecule has 1 aliphatic rings. The molecule has 1 aliphatic carbocycles. The molecule has 2 aromatic rings. The second-order valence-corrected chi connectivity index (χ2v) is 5.48. The van der Waals surface area contributed by atoms with E-state index in [4.69, 9.17) is 15.2 Å². The number of hydrogen-bond donors (Lipinski definition) is 1. The predicted molar refractivity (Wildman–Crippen MR) is 83.9 cm³/mol. The van der Waals surface area contributed by atoms with Gasteiger partial charge in [-0.05, 0) is 60.2 Å². The summed E-state index contributed by atoms with van der Waals surface area (Å²) in [4.78, 5) is 0. The average molecular weight is 283 g/mol. The molecule has 0 aromatic heterocycles. The van der Waals surface area contributed by atoms with E-state index in [9.17, 15) is 0 Å². The van der Waals surface area contributed by atoms with Crippen LogP contribution in [0, 0.1) is 0 Å². The van der Waals surface area contributed by atoms with Crippen LogP contribution in [0.3, 0.4) is 0 Å². The summed E-state index contributed by atoms with van der Waals surface area (Å²) in [6, 6.07) is 14.0. The summed E-state index contributed by atoms with van der Waals surface area (Å²) in [7, 11) is 1.66. The third-order valence-electron chi connectivity index (χ3n) is 4.02. The number of fused-ring (bicyclic) bond motifs is 1. The summed E-state index contributed by atoms with van der Waals surface area (Å²) in [6.45, 7) is 0.464. The van der Waals surface area contributed by atoms with E-state index in [1.54, 1.807) is 7.11 Å². The molecule has 0 fully saturated rings. The van der Waals surface area contributed by atoms with Crippen molar-refractivity contribution in [2.75, 3.05) is 13.7 Å². The van der Waals surface area contributed by atoms with E-state index in [-0.39, 0.29) is 6.04 Å². The van der Waals surface area contributed by atoms with Crippen molar-refractivity contribution in [3.8, 4) is 11.5 Å². The number of nitrogens with two attached hydrogens (primary N) is 1. The lowest BCUT2D eigenvalue weighted by molar-refractivity contribution is 0.290. The van der Waals surface area contributed by atoms with Crippen molar-refractivity contribution >= 4 is 0 Å². The molecule has 3 heteroatoms. The fraction of sp³-hybridized carbons (Fsp3) is 0.333. The van der Waals surface area contributed by atoms with E-state index in [2.05, 4.69) is 12.1 Å². The zero-order valence-corrected chi connectivity index (χ0v) is 12.3. The van der Waals surface area contributed by atoms with Gasteiger partial charge in [0.1, 0.15) is 18.1 Å². The fourth-order valence-electron chi connectivity index (χ4n) is 2.79. The van der Waals surface area contributed by atoms with Crippen LogP contribution in [-0.2, 0) is 12.8 Å². The summed E-state index contributed by atoms with van der Waals surface area (Å²) >= 11 is 0. The van der Waals surface area contributed by atoms with E-state index in [1.807, 2.05) is 30.3 Å². The lowest BCUT2D eigenvalue weighted by Crippen LogP contribution is -2.19. The summed E-state index contributed by atoms with van der Waals surface area (Å²) < 4.78 is 11.1. The molecule has 0 saturated carbocycles. The Kier molecular flexibility index (Phi) is 4.11. The van der Waals surface area contributed by atoms with Crippen LogP contribution in [0.5, 0.6) is 11.5 Å². The Balaban J connectivity index is 1.64. The van der Waals surface area contributed by atoms with Crippen LogP contribution in [0.25, 0.3) is 0 Å². The van der Waals surface area contributed by atoms with E-state index in [1.165, 1.54) is 24.0 Å². The van der Waals surface area contributed by atoms with Crippen molar-refractivity contribution in [3.63, 3.8) is 0 Å². The standard InChI is InChI=1S/C18H21NO2/c1-20-16-7-3-6-15(11-16)18(19)12-21-17-9-8-13-4-2-5-14(13)10-17/h3,6-11,18H,2,4-5,12,19H2,1H3. The molecule has 2 N–H and O–H groups in total. The van der Waals surface area contributed by atoms with Crippen LogP contribution in [-0.4, -0.2) is 13.7 Å². The molecular weight excluding hydrogens is 262 g/mol. The number of ether oxygens (including phenoxy) is 2. The molecule has 0 saturated heterocycles. The second kappa shape index (κ2) is 6.19. The summed E-state index contributed by atoms with van der Waals surface area (Å²) in [6.07, 6.45) is 3.61.